The fraction of sp³-hybridized carbons (Fsp3) is 0.462. The summed E-state index contributed by atoms with van der Waals surface area (Å²) in [6.45, 7) is 3.07. The SMILES string of the molecule is CCCc1ccc(N2C[C@@H](CN)OC2=O)cc1. The monoisotopic (exact) mass is 234 g/mol. The van der Waals surface area contributed by atoms with Crippen LogP contribution in [-0.2, 0) is 11.2 Å². The molecule has 2 rings (SSSR count). The Kier molecular flexibility index (Phi) is 3.64. The number of benzene rings is 1. The van der Waals surface area contributed by atoms with Crippen molar-refractivity contribution in [1.82, 2.24) is 0 Å². The second-order valence-corrected chi connectivity index (χ2v) is 4.27. The molecule has 2 N–H and O–H groups in total. The van der Waals surface area contributed by atoms with E-state index in [0.717, 1.165) is 18.5 Å². The van der Waals surface area contributed by atoms with Crippen molar-refractivity contribution in [3.63, 3.8) is 0 Å². The zero-order chi connectivity index (χ0) is 12.3. The van der Waals surface area contributed by atoms with Crippen LogP contribution in [0.25, 0.3) is 0 Å². The standard InChI is InChI=1S/C13H18N2O2/c1-2-3-10-4-6-11(7-5-10)15-9-12(8-14)17-13(15)16/h4-7,12H,2-3,8-9,14H2,1H3/t12-/m1/s1. The number of aryl methyl sites for hydroxylation is 1. The van der Waals surface area contributed by atoms with Gasteiger partial charge in [-0.2, -0.15) is 0 Å². The molecule has 1 atom stereocenters. The lowest BCUT2D eigenvalue weighted by molar-refractivity contribution is 0.145. The lowest BCUT2D eigenvalue weighted by Crippen LogP contribution is -2.27. The minimum absolute atomic E-state index is 0.183. The van der Waals surface area contributed by atoms with Crippen molar-refractivity contribution < 1.29 is 9.53 Å². The van der Waals surface area contributed by atoms with E-state index in [2.05, 4.69) is 19.1 Å². The number of hydrogen-bond donors (Lipinski definition) is 1. The van der Waals surface area contributed by atoms with E-state index in [9.17, 15) is 4.79 Å². The summed E-state index contributed by atoms with van der Waals surface area (Å²) < 4.78 is 5.12. The third kappa shape index (κ3) is 2.58. The van der Waals surface area contributed by atoms with Crippen LogP contribution in [0.1, 0.15) is 18.9 Å². The number of carbonyl (C=O) groups is 1. The molecule has 0 aromatic heterocycles. The second-order valence-electron chi connectivity index (χ2n) is 4.27. The van der Waals surface area contributed by atoms with E-state index in [0.29, 0.717) is 13.1 Å². The van der Waals surface area contributed by atoms with Crippen molar-refractivity contribution in [3.05, 3.63) is 29.8 Å². The van der Waals surface area contributed by atoms with Gasteiger partial charge in [0, 0.05) is 12.2 Å². The van der Waals surface area contributed by atoms with E-state index in [4.69, 9.17) is 10.5 Å². The lowest BCUT2D eigenvalue weighted by Gasteiger charge is -2.13. The highest BCUT2D eigenvalue weighted by Gasteiger charge is 2.31. The van der Waals surface area contributed by atoms with Gasteiger partial charge in [-0.25, -0.2) is 4.79 Å². The number of nitrogens with two attached hydrogens (primary N) is 1. The molecule has 0 aliphatic carbocycles. The molecule has 4 heteroatoms. The molecule has 1 saturated heterocycles. The van der Waals surface area contributed by atoms with Crippen LogP contribution in [0.3, 0.4) is 0 Å². The zero-order valence-corrected chi connectivity index (χ0v) is 10.1. The Labute approximate surface area is 101 Å². The molecule has 1 aromatic rings. The van der Waals surface area contributed by atoms with E-state index in [1.54, 1.807) is 4.90 Å². The number of amides is 1. The number of rotatable bonds is 4. The number of ether oxygens (including phenoxy) is 1. The molecule has 0 bridgehead atoms. The Morgan fingerprint density at radius 2 is 2.12 bits per heavy atom. The summed E-state index contributed by atoms with van der Waals surface area (Å²) in [7, 11) is 0. The third-order valence-electron chi connectivity index (χ3n) is 2.92. The molecule has 0 saturated carbocycles. The highest BCUT2D eigenvalue weighted by Crippen LogP contribution is 2.22. The summed E-state index contributed by atoms with van der Waals surface area (Å²) in [5, 5.41) is 0. The highest BCUT2D eigenvalue weighted by molar-refractivity contribution is 5.89. The summed E-state index contributed by atoms with van der Waals surface area (Å²) in [6.07, 6.45) is 1.71. The molecule has 4 nitrogen and oxygen atoms in total. The Bertz CT molecular complexity index is 389. The summed E-state index contributed by atoms with van der Waals surface area (Å²) in [6, 6.07) is 8.04. The van der Waals surface area contributed by atoms with Crippen LogP contribution >= 0.6 is 0 Å². The summed E-state index contributed by atoms with van der Waals surface area (Å²) in [4.78, 5) is 13.2. The van der Waals surface area contributed by atoms with Crippen molar-refractivity contribution in [1.29, 1.82) is 0 Å². The van der Waals surface area contributed by atoms with Gasteiger partial charge in [-0.1, -0.05) is 25.5 Å². The van der Waals surface area contributed by atoms with Crippen LogP contribution in [0.2, 0.25) is 0 Å². The number of hydrogen-bond acceptors (Lipinski definition) is 3. The molecule has 0 spiro atoms. The molecule has 1 aliphatic heterocycles. The third-order valence-corrected chi connectivity index (χ3v) is 2.92. The second kappa shape index (κ2) is 5.19. The Hall–Kier alpha value is -1.55. The van der Waals surface area contributed by atoms with Crippen molar-refractivity contribution in [2.45, 2.75) is 25.9 Å². The largest absolute Gasteiger partial charge is 0.443 e. The van der Waals surface area contributed by atoms with Crippen LogP contribution in [0.5, 0.6) is 0 Å². The molecule has 1 amide bonds. The first kappa shape index (κ1) is 11.9. The maximum Gasteiger partial charge on any atom is 0.414 e. The highest BCUT2D eigenvalue weighted by atomic mass is 16.6. The molecule has 1 aromatic carbocycles. The molecular weight excluding hydrogens is 216 g/mol. The van der Waals surface area contributed by atoms with Gasteiger partial charge >= 0.3 is 6.09 Å². The molecule has 92 valence electrons. The Morgan fingerprint density at radius 1 is 1.41 bits per heavy atom. The number of cyclic esters (lactones) is 1. The van der Waals surface area contributed by atoms with Gasteiger partial charge in [0.15, 0.2) is 0 Å². The maximum atomic E-state index is 11.6. The first-order valence-corrected chi connectivity index (χ1v) is 6.01. The fourth-order valence-electron chi connectivity index (χ4n) is 1.99. The zero-order valence-electron chi connectivity index (χ0n) is 10.1. The van der Waals surface area contributed by atoms with Gasteiger partial charge in [0.25, 0.3) is 0 Å². The first-order valence-electron chi connectivity index (χ1n) is 6.01. The minimum Gasteiger partial charge on any atom is -0.443 e. The topological polar surface area (TPSA) is 55.6 Å². The normalized spacial score (nSPS) is 19.5. The molecular formula is C13H18N2O2. The molecule has 1 fully saturated rings. The smallest absolute Gasteiger partial charge is 0.414 e. The van der Waals surface area contributed by atoms with Gasteiger partial charge in [0.2, 0.25) is 0 Å². The molecule has 0 unspecified atom stereocenters. The molecule has 1 heterocycles. The Balaban J connectivity index is 2.09. The summed E-state index contributed by atoms with van der Waals surface area (Å²) in [5.41, 5.74) is 7.67. The van der Waals surface area contributed by atoms with E-state index < -0.39 is 0 Å². The van der Waals surface area contributed by atoms with E-state index >= 15 is 0 Å². The van der Waals surface area contributed by atoms with Crippen molar-refractivity contribution in [2.24, 2.45) is 5.73 Å². The number of carbonyl (C=O) groups excluding carboxylic acids is 1. The van der Waals surface area contributed by atoms with Crippen LogP contribution in [0.15, 0.2) is 24.3 Å². The fourth-order valence-corrected chi connectivity index (χ4v) is 1.99. The predicted molar refractivity (Wildman–Crippen MR) is 67.1 cm³/mol. The number of nitrogens with zero attached hydrogens (tertiary/aromatic N) is 1. The van der Waals surface area contributed by atoms with E-state index in [-0.39, 0.29) is 12.2 Å². The van der Waals surface area contributed by atoms with Crippen LogP contribution in [0, 0.1) is 0 Å². The van der Waals surface area contributed by atoms with Crippen molar-refractivity contribution in [3.8, 4) is 0 Å². The van der Waals surface area contributed by atoms with Crippen molar-refractivity contribution >= 4 is 11.8 Å². The lowest BCUT2D eigenvalue weighted by atomic mass is 10.1. The number of anilines is 1. The predicted octanol–water partition coefficient (Wildman–Crippen LogP) is 1.92. The quantitative estimate of drug-likeness (QED) is 0.866. The first-order chi connectivity index (χ1) is 8.24. The summed E-state index contributed by atoms with van der Waals surface area (Å²) in [5.74, 6) is 0. The van der Waals surface area contributed by atoms with Gasteiger partial charge < -0.3 is 10.5 Å². The van der Waals surface area contributed by atoms with Crippen LogP contribution in [0.4, 0.5) is 10.5 Å². The van der Waals surface area contributed by atoms with E-state index in [1.165, 1.54) is 5.56 Å². The summed E-state index contributed by atoms with van der Waals surface area (Å²) >= 11 is 0. The molecule has 1 aliphatic rings. The van der Waals surface area contributed by atoms with Crippen molar-refractivity contribution in [2.75, 3.05) is 18.0 Å². The van der Waals surface area contributed by atoms with Gasteiger partial charge in [-0.3, -0.25) is 4.90 Å². The molecule has 17 heavy (non-hydrogen) atoms. The van der Waals surface area contributed by atoms with Gasteiger partial charge in [-0.15, -0.1) is 0 Å². The average Bonchev–Trinajstić information content (AvgIpc) is 2.72. The molecule has 0 radical (unpaired) electrons. The maximum absolute atomic E-state index is 11.6. The van der Waals surface area contributed by atoms with Crippen LogP contribution < -0.4 is 10.6 Å². The minimum atomic E-state index is -0.302. The average molecular weight is 234 g/mol. The Morgan fingerprint density at radius 3 is 2.65 bits per heavy atom. The van der Waals surface area contributed by atoms with Gasteiger partial charge in [-0.05, 0) is 24.1 Å². The van der Waals surface area contributed by atoms with E-state index in [1.807, 2.05) is 12.1 Å². The van der Waals surface area contributed by atoms with Gasteiger partial charge in [0.1, 0.15) is 6.10 Å². The van der Waals surface area contributed by atoms with Crippen LogP contribution in [-0.4, -0.2) is 25.3 Å². The van der Waals surface area contributed by atoms with Gasteiger partial charge in [0.05, 0.1) is 6.54 Å².